The van der Waals surface area contributed by atoms with E-state index in [4.69, 9.17) is 23.2 Å². The van der Waals surface area contributed by atoms with Crippen molar-refractivity contribution in [1.29, 1.82) is 0 Å². The Bertz CT molecular complexity index is 700. The molecule has 0 radical (unpaired) electrons. The molecule has 2 rings (SSSR count). The van der Waals surface area contributed by atoms with Crippen LogP contribution >= 0.6 is 23.2 Å². The number of pyridine rings is 1. The maximum atomic E-state index is 12.1. The molecule has 0 spiro atoms. The average molecular weight is 380 g/mol. The third-order valence-electron chi connectivity index (χ3n) is 4.10. The number of amides is 1. The first-order valence-corrected chi connectivity index (χ1v) is 9.23. The van der Waals surface area contributed by atoms with E-state index in [1.807, 2.05) is 38.1 Å². The molecular formula is C19H23Cl2N3O. The van der Waals surface area contributed by atoms with Crippen molar-refractivity contribution < 1.29 is 4.79 Å². The van der Waals surface area contributed by atoms with Gasteiger partial charge in [-0.15, -0.1) is 0 Å². The van der Waals surface area contributed by atoms with E-state index in [0.29, 0.717) is 22.3 Å². The highest BCUT2D eigenvalue weighted by Crippen LogP contribution is 2.21. The fourth-order valence-electron chi connectivity index (χ4n) is 2.53. The topological polar surface area (TPSA) is 54.0 Å². The van der Waals surface area contributed by atoms with Gasteiger partial charge in [-0.1, -0.05) is 43.1 Å². The number of benzene rings is 1. The molecule has 0 aliphatic rings. The van der Waals surface area contributed by atoms with Crippen LogP contribution in [0.25, 0.3) is 0 Å². The van der Waals surface area contributed by atoms with Gasteiger partial charge in [0, 0.05) is 22.5 Å². The number of carbonyl (C=O) groups is 1. The fraction of sp³-hybridized carbons (Fsp3) is 0.368. The Balaban J connectivity index is 1.85. The minimum Gasteiger partial charge on any atom is -0.370 e. The molecule has 134 valence electrons. The van der Waals surface area contributed by atoms with E-state index in [-0.39, 0.29) is 11.8 Å². The summed E-state index contributed by atoms with van der Waals surface area (Å²) in [6, 6.07) is 9.21. The van der Waals surface area contributed by atoms with E-state index in [1.165, 1.54) is 0 Å². The molecule has 0 atom stereocenters. The molecule has 6 heteroatoms. The van der Waals surface area contributed by atoms with Crippen LogP contribution in [0.15, 0.2) is 36.5 Å². The number of halogens is 2. The van der Waals surface area contributed by atoms with E-state index in [0.717, 1.165) is 30.6 Å². The Kier molecular flexibility index (Phi) is 7.53. The molecule has 0 fully saturated rings. The van der Waals surface area contributed by atoms with Gasteiger partial charge in [0.1, 0.15) is 5.82 Å². The summed E-state index contributed by atoms with van der Waals surface area (Å²) in [6.45, 7) is 4.74. The molecule has 4 nitrogen and oxygen atoms in total. The molecule has 0 bridgehead atoms. The molecule has 0 unspecified atom stereocenters. The van der Waals surface area contributed by atoms with E-state index in [9.17, 15) is 4.79 Å². The molecule has 2 aromatic rings. The van der Waals surface area contributed by atoms with Gasteiger partial charge < -0.3 is 10.6 Å². The van der Waals surface area contributed by atoms with Crippen LogP contribution in [-0.2, 0) is 11.2 Å². The molecule has 0 aliphatic carbocycles. The zero-order valence-electron chi connectivity index (χ0n) is 14.5. The van der Waals surface area contributed by atoms with Crippen LogP contribution in [0, 0.1) is 5.92 Å². The van der Waals surface area contributed by atoms with Crippen LogP contribution in [0.3, 0.4) is 0 Å². The number of carbonyl (C=O) groups excluding carboxylic acids is 1. The lowest BCUT2D eigenvalue weighted by Gasteiger charge is -2.13. The number of anilines is 2. The van der Waals surface area contributed by atoms with Gasteiger partial charge in [-0.3, -0.25) is 4.79 Å². The highest BCUT2D eigenvalue weighted by Gasteiger charge is 2.14. The van der Waals surface area contributed by atoms with Gasteiger partial charge in [0.15, 0.2) is 0 Å². The van der Waals surface area contributed by atoms with Crippen molar-refractivity contribution in [2.45, 2.75) is 33.1 Å². The number of nitrogens with zero attached hydrogens (tertiary/aromatic N) is 1. The molecule has 2 N–H and O–H groups in total. The highest BCUT2D eigenvalue weighted by atomic mass is 35.5. The van der Waals surface area contributed by atoms with Crippen LogP contribution < -0.4 is 10.6 Å². The predicted molar refractivity (Wildman–Crippen MR) is 106 cm³/mol. The maximum absolute atomic E-state index is 12.1. The Morgan fingerprint density at radius 3 is 2.52 bits per heavy atom. The lowest BCUT2D eigenvalue weighted by molar-refractivity contribution is -0.120. The third kappa shape index (κ3) is 5.91. The molecule has 1 aromatic carbocycles. The van der Waals surface area contributed by atoms with E-state index in [1.54, 1.807) is 12.3 Å². The summed E-state index contributed by atoms with van der Waals surface area (Å²) in [4.78, 5) is 16.4. The molecular weight excluding hydrogens is 357 g/mol. The van der Waals surface area contributed by atoms with Crippen LogP contribution in [0.4, 0.5) is 11.5 Å². The van der Waals surface area contributed by atoms with Crippen molar-refractivity contribution in [2.75, 3.05) is 17.2 Å². The third-order valence-corrected chi connectivity index (χ3v) is 4.69. The van der Waals surface area contributed by atoms with Crippen LogP contribution in [0.5, 0.6) is 0 Å². The lowest BCUT2D eigenvalue weighted by atomic mass is 10.0. The van der Waals surface area contributed by atoms with E-state index in [2.05, 4.69) is 15.6 Å². The van der Waals surface area contributed by atoms with Crippen molar-refractivity contribution >= 4 is 40.6 Å². The quantitative estimate of drug-likeness (QED) is 0.643. The number of hydrogen-bond donors (Lipinski definition) is 2. The number of hydrogen-bond acceptors (Lipinski definition) is 3. The average Bonchev–Trinajstić information content (AvgIpc) is 2.59. The van der Waals surface area contributed by atoms with Gasteiger partial charge in [0.25, 0.3) is 0 Å². The first-order valence-electron chi connectivity index (χ1n) is 8.48. The molecule has 0 saturated heterocycles. The SMILES string of the molecule is CCC(CC)C(=O)Nc1ccc(NCCc2ccc(Cl)cc2Cl)nc1. The summed E-state index contributed by atoms with van der Waals surface area (Å²) < 4.78 is 0. The standard InChI is InChI=1S/C19H23Cl2N3O/c1-3-13(4-2)19(25)24-16-7-8-18(23-12-16)22-10-9-14-5-6-15(20)11-17(14)21/h5-8,11-13H,3-4,9-10H2,1-2H3,(H,22,23)(H,24,25). The summed E-state index contributed by atoms with van der Waals surface area (Å²) in [5, 5.41) is 7.45. The minimum absolute atomic E-state index is 0.0434. The molecule has 1 heterocycles. The summed E-state index contributed by atoms with van der Waals surface area (Å²) >= 11 is 12.1. The second-order valence-corrected chi connectivity index (χ2v) is 6.69. The van der Waals surface area contributed by atoms with Gasteiger partial charge in [-0.25, -0.2) is 4.98 Å². The van der Waals surface area contributed by atoms with Crippen LogP contribution in [0.1, 0.15) is 32.3 Å². The Hall–Kier alpha value is -1.78. The van der Waals surface area contributed by atoms with Crippen molar-refractivity contribution in [3.63, 3.8) is 0 Å². The fourth-order valence-corrected chi connectivity index (χ4v) is 3.03. The van der Waals surface area contributed by atoms with Crippen LogP contribution in [0.2, 0.25) is 10.0 Å². The lowest BCUT2D eigenvalue weighted by Crippen LogP contribution is -2.21. The van der Waals surface area contributed by atoms with Crippen molar-refractivity contribution in [2.24, 2.45) is 5.92 Å². The van der Waals surface area contributed by atoms with E-state index < -0.39 is 0 Å². The molecule has 25 heavy (non-hydrogen) atoms. The molecule has 1 aromatic heterocycles. The Morgan fingerprint density at radius 1 is 1.16 bits per heavy atom. The number of nitrogens with one attached hydrogen (secondary N) is 2. The van der Waals surface area contributed by atoms with Gasteiger partial charge in [0.2, 0.25) is 5.91 Å². The largest absolute Gasteiger partial charge is 0.370 e. The molecule has 1 amide bonds. The second-order valence-electron chi connectivity index (χ2n) is 5.85. The van der Waals surface area contributed by atoms with Crippen molar-refractivity contribution in [1.82, 2.24) is 4.98 Å². The molecule has 0 aliphatic heterocycles. The van der Waals surface area contributed by atoms with Crippen molar-refractivity contribution in [3.8, 4) is 0 Å². The zero-order chi connectivity index (χ0) is 18.2. The Labute approximate surface area is 158 Å². The summed E-state index contributed by atoms with van der Waals surface area (Å²) in [5.74, 6) is 0.845. The first-order chi connectivity index (χ1) is 12.0. The zero-order valence-corrected chi connectivity index (χ0v) is 16.0. The first kappa shape index (κ1) is 19.5. The number of rotatable bonds is 8. The summed E-state index contributed by atoms with van der Waals surface area (Å²) in [6.07, 6.45) is 4.11. The smallest absolute Gasteiger partial charge is 0.227 e. The summed E-state index contributed by atoms with van der Waals surface area (Å²) in [7, 11) is 0. The summed E-state index contributed by atoms with van der Waals surface area (Å²) in [5.41, 5.74) is 1.75. The van der Waals surface area contributed by atoms with Gasteiger partial charge in [0.05, 0.1) is 11.9 Å². The highest BCUT2D eigenvalue weighted by molar-refractivity contribution is 6.35. The van der Waals surface area contributed by atoms with Gasteiger partial charge >= 0.3 is 0 Å². The van der Waals surface area contributed by atoms with Gasteiger partial charge in [-0.05, 0) is 49.1 Å². The monoisotopic (exact) mass is 379 g/mol. The van der Waals surface area contributed by atoms with Crippen molar-refractivity contribution in [3.05, 3.63) is 52.1 Å². The van der Waals surface area contributed by atoms with E-state index >= 15 is 0 Å². The number of aromatic nitrogens is 1. The Morgan fingerprint density at radius 2 is 1.92 bits per heavy atom. The second kappa shape index (κ2) is 9.64. The molecule has 0 saturated carbocycles. The minimum atomic E-state index is 0.0434. The predicted octanol–water partition coefficient (Wildman–Crippen LogP) is 5.42. The van der Waals surface area contributed by atoms with Crippen LogP contribution in [-0.4, -0.2) is 17.4 Å². The normalized spacial score (nSPS) is 10.8. The maximum Gasteiger partial charge on any atom is 0.227 e. The van der Waals surface area contributed by atoms with Gasteiger partial charge in [-0.2, -0.15) is 0 Å².